The lowest BCUT2D eigenvalue weighted by molar-refractivity contribution is 0.0116. The first-order valence-corrected chi connectivity index (χ1v) is 8.52. The maximum Gasteiger partial charge on any atom is 0.0586 e. The van der Waals surface area contributed by atoms with Crippen LogP contribution in [0.1, 0.15) is 44.9 Å². The standard InChI is InChI=1S/C16H33N3O/c1-20-16-7-5-6-15(14-16)19-12-10-18(11-13-19)9-4-2-3-8-17/h15-16H,2-14,17H2,1H3. The third-order valence-corrected chi connectivity index (χ3v) is 5.03. The summed E-state index contributed by atoms with van der Waals surface area (Å²) in [6, 6.07) is 0.771. The third-order valence-electron chi connectivity index (χ3n) is 5.03. The Balaban J connectivity index is 1.63. The molecular formula is C16H33N3O. The number of nitrogens with zero attached hydrogens (tertiary/aromatic N) is 2. The van der Waals surface area contributed by atoms with Gasteiger partial charge in [-0.25, -0.2) is 0 Å². The Morgan fingerprint density at radius 1 is 1.05 bits per heavy atom. The van der Waals surface area contributed by atoms with E-state index >= 15 is 0 Å². The summed E-state index contributed by atoms with van der Waals surface area (Å²) in [6.07, 6.45) is 9.49. The quantitative estimate of drug-likeness (QED) is 0.722. The number of hydrogen-bond acceptors (Lipinski definition) is 4. The van der Waals surface area contributed by atoms with Crippen LogP contribution in [0, 0.1) is 0 Å². The predicted molar refractivity (Wildman–Crippen MR) is 84.0 cm³/mol. The van der Waals surface area contributed by atoms with E-state index in [1.54, 1.807) is 0 Å². The van der Waals surface area contributed by atoms with Crippen LogP contribution in [0.3, 0.4) is 0 Å². The van der Waals surface area contributed by atoms with Gasteiger partial charge in [-0.05, 0) is 51.6 Å². The molecule has 2 atom stereocenters. The zero-order valence-electron chi connectivity index (χ0n) is 13.2. The molecule has 4 heteroatoms. The van der Waals surface area contributed by atoms with Crippen LogP contribution in [0.5, 0.6) is 0 Å². The highest BCUT2D eigenvalue weighted by Crippen LogP contribution is 2.25. The summed E-state index contributed by atoms with van der Waals surface area (Å²) in [6.45, 7) is 7.10. The van der Waals surface area contributed by atoms with Gasteiger partial charge in [0.1, 0.15) is 0 Å². The van der Waals surface area contributed by atoms with Crippen molar-refractivity contribution in [3.63, 3.8) is 0 Å². The highest BCUT2D eigenvalue weighted by atomic mass is 16.5. The predicted octanol–water partition coefficient (Wildman–Crippen LogP) is 1.69. The summed E-state index contributed by atoms with van der Waals surface area (Å²) in [4.78, 5) is 5.34. The van der Waals surface area contributed by atoms with Gasteiger partial charge in [0.05, 0.1) is 6.10 Å². The first kappa shape index (κ1) is 16.2. The molecule has 2 unspecified atom stereocenters. The minimum absolute atomic E-state index is 0.503. The van der Waals surface area contributed by atoms with Gasteiger partial charge in [-0.2, -0.15) is 0 Å². The highest BCUT2D eigenvalue weighted by molar-refractivity contribution is 4.84. The number of piperazine rings is 1. The third kappa shape index (κ3) is 4.99. The van der Waals surface area contributed by atoms with E-state index in [0.717, 1.165) is 12.6 Å². The largest absolute Gasteiger partial charge is 0.381 e. The molecule has 0 bridgehead atoms. The molecule has 1 saturated heterocycles. The van der Waals surface area contributed by atoms with E-state index in [4.69, 9.17) is 10.5 Å². The van der Waals surface area contributed by atoms with Crippen LogP contribution in [0.25, 0.3) is 0 Å². The first-order chi connectivity index (χ1) is 9.83. The molecule has 4 nitrogen and oxygen atoms in total. The van der Waals surface area contributed by atoms with Gasteiger partial charge in [-0.1, -0.05) is 6.42 Å². The molecule has 1 saturated carbocycles. The second kappa shape index (κ2) is 8.98. The van der Waals surface area contributed by atoms with Gasteiger partial charge in [-0.15, -0.1) is 0 Å². The van der Waals surface area contributed by atoms with Gasteiger partial charge < -0.3 is 15.4 Å². The molecule has 0 aromatic rings. The number of hydrogen-bond donors (Lipinski definition) is 1. The first-order valence-electron chi connectivity index (χ1n) is 8.52. The lowest BCUT2D eigenvalue weighted by Crippen LogP contribution is -2.52. The molecule has 0 aromatic heterocycles. The number of methoxy groups -OCH3 is 1. The average molecular weight is 283 g/mol. The SMILES string of the molecule is COC1CCCC(N2CCN(CCCCCN)CC2)C1. The summed E-state index contributed by atoms with van der Waals surface area (Å²) < 4.78 is 5.56. The van der Waals surface area contributed by atoms with Gasteiger partial charge >= 0.3 is 0 Å². The normalized spacial score (nSPS) is 29.7. The zero-order chi connectivity index (χ0) is 14.2. The van der Waals surface area contributed by atoms with Crippen molar-refractivity contribution in [2.24, 2.45) is 5.73 Å². The summed E-state index contributed by atoms with van der Waals surface area (Å²) in [5.41, 5.74) is 5.54. The summed E-state index contributed by atoms with van der Waals surface area (Å²) in [5.74, 6) is 0. The average Bonchev–Trinajstić information content (AvgIpc) is 2.52. The van der Waals surface area contributed by atoms with E-state index in [1.807, 2.05) is 7.11 Å². The topological polar surface area (TPSA) is 41.7 Å². The molecule has 0 aromatic carbocycles. The van der Waals surface area contributed by atoms with Crippen LogP contribution in [0.2, 0.25) is 0 Å². The Bertz CT molecular complexity index is 254. The maximum atomic E-state index is 5.56. The van der Waals surface area contributed by atoms with Crippen molar-refractivity contribution in [2.45, 2.75) is 57.1 Å². The lowest BCUT2D eigenvalue weighted by Gasteiger charge is -2.42. The number of rotatable bonds is 7. The van der Waals surface area contributed by atoms with Crippen LogP contribution >= 0.6 is 0 Å². The van der Waals surface area contributed by atoms with Crippen molar-refractivity contribution >= 4 is 0 Å². The molecular weight excluding hydrogens is 250 g/mol. The molecule has 20 heavy (non-hydrogen) atoms. The minimum atomic E-state index is 0.503. The summed E-state index contributed by atoms with van der Waals surface area (Å²) in [5, 5.41) is 0. The fourth-order valence-electron chi connectivity index (χ4n) is 3.67. The van der Waals surface area contributed by atoms with Crippen molar-refractivity contribution in [1.29, 1.82) is 0 Å². The van der Waals surface area contributed by atoms with Gasteiger partial charge in [0.2, 0.25) is 0 Å². The van der Waals surface area contributed by atoms with Gasteiger partial charge in [0.25, 0.3) is 0 Å². The molecule has 0 amide bonds. The van der Waals surface area contributed by atoms with Gasteiger partial charge in [0, 0.05) is 39.3 Å². The molecule has 0 radical (unpaired) electrons. The van der Waals surface area contributed by atoms with Crippen LogP contribution in [0.15, 0.2) is 0 Å². The molecule has 2 N–H and O–H groups in total. The Morgan fingerprint density at radius 3 is 2.55 bits per heavy atom. The maximum absolute atomic E-state index is 5.56. The van der Waals surface area contributed by atoms with Crippen LogP contribution in [-0.4, -0.2) is 68.3 Å². The molecule has 0 spiro atoms. The van der Waals surface area contributed by atoms with Crippen molar-refractivity contribution < 1.29 is 4.74 Å². The number of unbranched alkanes of at least 4 members (excludes halogenated alkanes) is 2. The van der Waals surface area contributed by atoms with Crippen LogP contribution in [-0.2, 0) is 4.74 Å². The lowest BCUT2D eigenvalue weighted by atomic mass is 9.91. The molecule has 118 valence electrons. The van der Waals surface area contributed by atoms with Gasteiger partial charge in [-0.3, -0.25) is 4.90 Å². The van der Waals surface area contributed by atoms with E-state index in [-0.39, 0.29) is 0 Å². The van der Waals surface area contributed by atoms with E-state index < -0.39 is 0 Å². The van der Waals surface area contributed by atoms with Crippen LogP contribution in [0.4, 0.5) is 0 Å². The summed E-state index contributed by atoms with van der Waals surface area (Å²) in [7, 11) is 1.87. The molecule has 1 aliphatic heterocycles. The fourth-order valence-corrected chi connectivity index (χ4v) is 3.67. The Labute approximate surface area is 124 Å². The molecule has 1 aliphatic carbocycles. The van der Waals surface area contributed by atoms with E-state index in [0.29, 0.717) is 6.10 Å². The fraction of sp³-hybridized carbons (Fsp3) is 1.00. The van der Waals surface area contributed by atoms with Crippen LogP contribution < -0.4 is 5.73 Å². The summed E-state index contributed by atoms with van der Waals surface area (Å²) >= 11 is 0. The smallest absolute Gasteiger partial charge is 0.0586 e. The molecule has 1 heterocycles. The monoisotopic (exact) mass is 283 g/mol. The van der Waals surface area contributed by atoms with E-state index in [1.165, 1.54) is 77.7 Å². The zero-order valence-corrected chi connectivity index (χ0v) is 13.2. The van der Waals surface area contributed by atoms with E-state index in [9.17, 15) is 0 Å². The van der Waals surface area contributed by atoms with E-state index in [2.05, 4.69) is 9.80 Å². The number of nitrogens with two attached hydrogens (primary N) is 1. The van der Waals surface area contributed by atoms with Crippen molar-refractivity contribution in [2.75, 3.05) is 46.4 Å². The Hall–Kier alpha value is -0.160. The molecule has 2 fully saturated rings. The minimum Gasteiger partial charge on any atom is -0.381 e. The molecule has 2 aliphatic rings. The molecule has 2 rings (SSSR count). The Morgan fingerprint density at radius 2 is 1.85 bits per heavy atom. The second-order valence-corrected chi connectivity index (χ2v) is 6.41. The van der Waals surface area contributed by atoms with Crippen molar-refractivity contribution in [3.05, 3.63) is 0 Å². The highest BCUT2D eigenvalue weighted by Gasteiger charge is 2.28. The Kier molecular flexibility index (Phi) is 7.28. The second-order valence-electron chi connectivity index (χ2n) is 6.41. The van der Waals surface area contributed by atoms with Gasteiger partial charge in [0.15, 0.2) is 0 Å². The van der Waals surface area contributed by atoms with Crippen molar-refractivity contribution in [3.8, 4) is 0 Å². The number of ether oxygens (including phenoxy) is 1. The van der Waals surface area contributed by atoms with Crippen molar-refractivity contribution in [1.82, 2.24) is 9.80 Å².